The molecule has 1 aromatic heterocycles. The van der Waals surface area contributed by atoms with Gasteiger partial charge in [0.2, 0.25) is 0 Å². The molecule has 1 aliphatic heterocycles. The van der Waals surface area contributed by atoms with Gasteiger partial charge in [-0.25, -0.2) is 0 Å². The van der Waals surface area contributed by atoms with Crippen LogP contribution in [0.1, 0.15) is 24.8 Å². The molecule has 19 heavy (non-hydrogen) atoms. The van der Waals surface area contributed by atoms with Gasteiger partial charge in [0.1, 0.15) is 5.75 Å². The van der Waals surface area contributed by atoms with Gasteiger partial charge in [0.05, 0.1) is 13.7 Å². The summed E-state index contributed by atoms with van der Waals surface area (Å²) in [4.78, 5) is 3.25. The van der Waals surface area contributed by atoms with Crippen molar-refractivity contribution in [1.82, 2.24) is 4.98 Å². The Bertz CT molecular complexity index is 543. The summed E-state index contributed by atoms with van der Waals surface area (Å²) in [6.07, 6.45) is 5.28. The maximum atomic E-state index is 5.82. The molecule has 0 aliphatic carbocycles. The first kappa shape index (κ1) is 12.5. The van der Waals surface area contributed by atoms with Gasteiger partial charge >= 0.3 is 0 Å². The zero-order chi connectivity index (χ0) is 13.1. The molecule has 3 rings (SSSR count). The number of H-pyrrole nitrogens is 1. The molecule has 0 spiro atoms. The van der Waals surface area contributed by atoms with E-state index < -0.39 is 0 Å². The quantitative estimate of drug-likeness (QED) is 0.919. The van der Waals surface area contributed by atoms with Crippen molar-refractivity contribution in [2.24, 2.45) is 0 Å². The molecule has 1 fully saturated rings. The monoisotopic (exact) mass is 261 g/mol. The lowest BCUT2D eigenvalue weighted by atomic mass is 10.2. The summed E-state index contributed by atoms with van der Waals surface area (Å²) in [6, 6.07) is 6.03. The SMILES string of the molecule is COc1ccc2c(COC3CCCCO3)c[nH]c2c1. The Morgan fingerprint density at radius 2 is 2.32 bits per heavy atom. The summed E-state index contributed by atoms with van der Waals surface area (Å²) in [5, 5.41) is 1.18. The van der Waals surface area contributed by atoms with Crippen molar-refractivity contribution >= 4 is 10.9 Å². The molecule has 0 saturated carbocycles. The van der Waals surface area contributed by atoms with E-state index in [1.54, 1.807) is 7.11 Å². The van der Waals surface area contributed by atoms with Crippen LogP contribution in [-0.2, 0) is 16.1 Å². The van der Waals surface area contributed by atoms with Crippen LogP contribution in [0.25, 0.3) is 10.9 Å². The molecule has 4 heteroatoms. The number of hydrogen-bond donors (Lipinski definition) is 1. The van der Waals surface area contributed by atoms with Crippen LogP contribution in [0.3, 0.4) is 0 Å². The van der Waals surface area contributed by atoms with Gasteiger partial charge in [0.15, 0.2) is 6.29 Å². The van der Waals surface area contributed by atoms with E-state index >= 15 is 0 Å². The molecule has 1 saturated heterocycles. The third kappa shape index (κ3) is 2.74. The number of nitrogens with one attached hydrogen (secondary N) is 1. The van der Waals surface area contributed by atoms with Gasteiger partial charge < -0.3 is 19.2 Å². The van der Waals surface area contributed by atoms with Gasteiger partial charge in [-0.1, -0.05) is 0 Å². The number of rotatable bonds is 4. The summed E-state index contributed by atoms with van der Waals surface area (Å²) < 4.78 is 16.6. The summed E-state index contributed by atoms with van der Waals surface area (Å²) in [7, 11) is 1.68. The standard InChI is InChI=1S/C15H19NO3/c1-17-12-5-6-13-11(9-16-14(13)8-12)10-19-15-4-2-3-7-18-15/h5-6,8-9,15-16H,2-4,7,10H2,1H3. The van der Waals surface area contributed by atoms with Crippen molar-refractivity contribution in [2.45, 2.75) is 32.2 Å². The highest BCUT2D eigenvalue weighted by molar-refractivity contribution is 5.84. The zero-order valence-corrected chi connectivity index (χ0v) is 11.1. The Hall–Kier alpha value is -1.52. The first-order valence-electron chi connectivity index (χ1n) is 6.74. The number of aromatic amines is 1. The second-order valence-electron chi connectivity index (χ2n) is 4.83. The molecule has 1 aromatic carbocycles. The third-order valence-corrected chi connectivity index (χ3v) is 3.54. The Morgan fingerprint density at radius 1 is 1.37 bits per heavy atom. The first-order valence-corrected chi connectivity index (χ1v) is 6.74. The lowest BCUT2D eigenvalue weighted by Gasteiger charge is -2.22. The smallest absolute Gasteiger partial charge is 0.158 e. The molecule has 2 heterocycles. The molecular weight excluding hydrogens is 242 g/mol. The molecule has 1 N–H and O–H groups in total. The predicted molar refractivity (Wildman–Crippen MR) is 73.2 cm³/mol. The van der Waals surface area contributed by atoms with Crippen molar-refractivity contribution in [3.8, 4) is 5.75 Å². The van der Waals surface area contributed by atoms with Crippen LogP contribution >= 0.6 is 0 Å². The Balaban J connectivity index is 1.70. The summed E-state index contributed by atoms with van der Waals surface area (Å²) >= 11 is 0. The van der Waals surface area contributed by atoms with Crippen LogP contribution in [0.2, 0.25) is 0 Å². The van der Waals surface area contributed by atoms with E-state index in [1.807, 2.05) is 18.3 Å². The molecule has 1 aliphatic rings. The van der Waals surface area contributed by atoms with E-state index in [4.69, 9.17) is 14.2 Å². The molecule has 0 radical (unpaired) electrons. The number of benzene rings is 1. The second kappa shape index (κ2) is 5.63. The van der Waals surface area contributed by atoms with Crippen LogP contribution in [0, 0.1) is 0 Å². The lowest BCUT2D eigenvalue weighted by molar-refractivity contribution is -0.168. The highest BCUT2D eigenvalue weighted by Gasteiger charge is 2.15. The van der Waals surface area contributed by atoms with E-state index in [1.165, 1.54) is 11.8 Å². The molecule has 2 aromatic rings. The van der Waals surface area contributed by atoms with Crippen molar-refractivity contribution in [2.75, 3.05) is 13.7 Å². The lowest BCUT2D eigenvalue weighted by Crippen LogP contribution is -2.21. The first-order chi connectivity index (χ1) is 9.36. The molecular formula is C15H19NO3. The van der Waals surface area contributed by atoms with E-state index in [0.717, 1.165) is 36.3 Å². The average Bonchev–Trinajstić information content (AvgIpc) is 2.88. The van der Waals surface area contributed by atoms with E-state index in [-0.39, 0.29) is 6.29 Å². The minimum atomic E-state index is -0.0445. The molecule has 1 unspecified atom stereocenters. The van der Waals surface area contributed by atoms with Crippen molar-refractivity contribution < 1.29 is 14.2 Å². The van der Waals surface area contributed by atoms with Gasteiger partial charge in [-0.3, -0.25) is 0 Å². The van der Waals surface area contributed by atoms with Crippen LogP contribution in [0.4, 0.5) is 0 Å². The summed E-state index contributed by atoms with van der Waals surface area (Å²) in [5.74, 6) is 0.859. The van der Waals surface area contributed by atoms with Crippen LogP contribution in [-0.4, -0.2) is 25.0 Å². The van der Waals surface area contributed by atoms with E-state index in [0.29, 0.717) is 6.61 Å². The van der Waals surface area contributed by atoms with Gasteiger partial charge in [0, 0.05) is 35.3 Å². The largest absolute Gasteiger partial charge is 0.497 e. The van der Waals surface area contributed by atoms with E-state index in [9.17, 15) is 0 Å². The fourth-order valence-electron chi connectivity index (χ4n) is 2.44. The highest BCUT2D eigenvalue weighted by Crippen LogP contribution is 2.24. The summed E-state index contributed by atoms with van der Waals surface area (Å²) in [6.45, 7) is 1.40. The normalized spacial score (nSPS) is 19.7. The second-order valence-corrected chi connectivity index (χ2v) is 4.83. The van der Waals surface area contributed by atoms with Gasteiger partial charge in [-0.2, -0.15) is 0 Å². The summed E-state index contributed by atoms with van der Waals surface area (Å²) in [5.41, 5.74) is 2.23. The predicted octanol–water partition coefficient (Wildman–Crippen LogP) is 3.22. The number of ether oxygens (including phenoxy) is 3. The molecule has 102 valence electrons. The Kier molecular flexibility index (Phi) is 3.71. The van der Waals surface area contributed by atoms with E-state index in [2.05, 4.69) is 11.1 Å². The van der Waals surface area contributed by atoms with Crippen LogP contribution in [0.5, 0.6) is 5.75 Å². The van der Waals surface area contributed by atoms with Crippen molar-refractivity contribution in [3.63, 3.8) is 0 Å². The van der Waals surface area contributed by atoms with Crippen molar-refractivity contribution in [3.05, 3.63) is 30.0 Å². The third-order valence-electron chi connectivity index (χ3n) is 3.54. The number of methoxy groups -OCH3 is 1. The number of aromatic nitrogens is 1. The Labute approximate surface area is 112 Å². The topological polar surface area (TPSA) is 43.5 Å². The molecule has 0 amide bonds. The average molecular weight is 261 g/mol. The van der Waals surface area contributed by atoms with Gasteiger partial charge in [0.25, 0.3) is 0 Å². The fraction of sp³-hybridized carbons (Fsp3) is 0.467. The maximum absolute atomic E-state index is 5.82. The highest BCUT2D eigenvalue weighted by atomic mass is 16.7. The van der Waals surface area contributed by atoms with Gasteiger partial charge in [-0.05, 0) is 31.4 Å². The van der Waals surface area contributed by atoms with Crippen LogP contribution in [0.15, 0.2) is 24.4 Å². The molecule has 4 nitrogen and oxygen atoms in total. The minimum absolute atomic E-state index is 0.0445. The molecule has 0 bridgehead atoms. The Morgan fingerprint density at radius 3 is 3.11 bits per heavy atom. The van der Waals surface area contributed by atoms with Gasteiger partial charge in [-0.15, -0.1) is 0 Å². The minimum Gasteiger partial charge on any atom is -0.497 e. The van der Waals surface area contributed by atoms with Crippen LogP contribution < -0.4 is 4.74 Å². The maximum Gasteiger partial charge on any atom is 0.158 e. The molecule has 1 atom stereocenters. The fourth-order valence-corrected chi connectivity index (χ4v) is 2.44. The zero-order valence-electron chi connectivity index (χ0n) is 11.1. The van der Waals surface area contributed by atoms with Crippen molar-refractivity contribution in [1.29, 1.82) is 0 Å². The number of hydrogen-bond acceptors (Lipinski definition) is 3. The number of fused-ring (bicyclic) bond motifs is 1.